The maximum Gasteiger partial charge on any atom is 0.255 e. The van der Waals surface area contributed by atoms with Gasteiger partial charge in [0.05, 0.1) is 18.7 Å². The van der Waals surface area contributed by atoms with Crippen molar-refractivity contribution in [2.24, 2.45) is 0 Å². The molecule has 0 atom stereocenters. The van der Waals surface area contributed by atoms with Gasteiger partial charge in [-0.25, -0.2) is 4.98 Å². The molecule has 31 heavy (non-hydrogen) atoms. The average Bonchev–Trinajstić information content (AvgIpc) is 3.29. The van der Waals surface area contributed by atoms with E-state index in [1.807, 2.05) is 31.2 Å². The lowest BCUT2D eigenvalue weighted by atomic mass is 10.2. The van der Waals surface area contributed by atoms with Crippen LogP contribution in [-0.4, -0.2) is 32.6 Å². The van der Waals surface area contributed by atoms with E-state index in [9.17, 15) is 4.79 Å². The number of hydrogen-bond donors (Lipinski definition) is 2. The van der Waals surface area contributed by atoms with Gasteiger partial charge in [0.2, 0.25) is 11.7 Å². The van der Waals surface area contributed by atoms with Crippen LogP contribution in [-0.2, 0) is 6.54 Å². The van der Waals surface area contributed by atoms with Gasteiger partial charge in [-0.3, -0.25) is 9.78 Å². The van der Waals surface area contributed by atoms with Crippen LogP contribution >= 0.6 is 0 Å². The lowest BCUT2D eigenvalue weighted by molar-refractivity contribution is 0.0947. The molecule has 4 aromatic rings. The number of aromatic nitrogens is 4. The van der Waals surface area contributed by atoms with Gasteiger partial charge in [0.15, 0.2) is 0 Å². The van der Waals surface area contributed by atoms with Gasteiger partial charge in [0, 0.05) is 29.8 Å². The Morgan fingerprint density at radius 1 is 1.06 bits per heavy atom. The first kappa shape index (κ1) is 20.0. The van der Waals surface area contributed by atoms with Crippen LogP contribution in [0.5, 0.6) is 5.75 Å². The Morgan fingerprint density at radius 3 is 2.65 bits per heavy atom. The third-order valence-electron chi connectivity index (χ3n) is 4.29. The fourth-order valence-electron chi connectivity index (χ4n) is 2.82. The fourth-order valence-corrected chi connectivity index (χ4v) is 2.82. The first-order valence-electron chi connectivity index (χ1n) is 9.69. The molecule has 1 amide bonds. The van der Waals surface area contributed by atoms with Gasteiger partial charge in [0.1, 0.15) is 11.6 Å². The number of hydrogen-bond acceptors (Lipinski definition) is 8. The van der Waals surface area contributed by atoms with E-state index >= 15 is 0 Å². The van der Waals surface area contributed by atoms with Crippen LogP contribution < -0.4 is 15.4 Å². The van der Waals surface area contributed by atoms with Crippen LogP contribution in [0, 0.1) is 0 Å². The van der Waals surface area contributed by atoms with Crippen molar-refractivity contribution in [1.82, 2.24) is 25.4 Å². The number of rotatable bonds is 8. The summed E-state index contributed by atoms with van der Waals surface area (Å²) in [6.45, 7) is 2.62. The maximum absolute atomic E-state index is 12.7. The number of ether oxygens (including phenoxy) is 1. The molecule has 0 aliphatic heterocycles. The number of anilines is 2. The van der Waals surface area contributed by atoms with Gasteiger partial charge in [-0.15, -0.1) is 0 Å². The molecular formula is C22H20N6O3. The van der Waals surface area contributed by atoms with E-state index < -0.39 is 0 Å². The predicted molar refractivity (Wildman–Crippen MR) is 114 cm³/mol. The SMILES string of the molecule is CCOc1ccc(Nc2ncccc2C(=O)NCc2nc(-c3ccncc3)no2)cc1. The van der Waals surface area contributed by atoms with E-state index in [0.717, 1.165) is 17.0 Å². The second-order valence-electron chi connectivity index (χ2n) is 6.41. The molecule has 3 aromatic heterocycles. The van der Waals surface area contributed by atoms with Crippen molar-refractivity contribution in [2.45, 2.75) is 13.5 Å². The van der Waals surface area contributed by atoms with Crippen molar-refractivity contribution in [3.8, 4) is 17.1 Å². The molecule has 9 nitrogen and oxygen atoms in total. The number of carbonyl (C=O) groups is 1. The summed E-state index contributed by atoms with van der Waals surface area (Å²) >= 11 is 0. The summed E-state index contributed by atoms with van der Waals surface area (Å²) in [6, 6.07) is 14.4. The monoisotopic (exact) mass is 416 g/mol. The number of amides is 1. The van der Waals surface area contributed by atoms with Crippen LogP contribution in [0.15, 0.2) is 71.6 Å². The van der Waals surface area contributed by atoms with E-state index in [4.69, 9.17) is 9.26 Å². The standard InChI is InChI=1S/C22H20N6O3/c1-2-30-17-7-5-16(6-8-17)26-21-18(4-3-11-24-21)22(29)25-14-19-27-20(28-31-19)15-9-12-23-13-10-15/h3-13H,2,14H2,1H3,(H,24,26)(H,25,29). The van der Waals surface area contributed by atoms with Crippen LogP contribution in [0.4, 0.5) is 11.5 Å². The third kappa shape index (κ3) is 5.02. The molecule has 0 unspecified atom stereocenters. The molecule has 156 valence electrons. The highest BCUT2D eigenvalue weighted by atomic mass is 16.5. The Kier molecular flexibility index (Phi) is 6.13. The first-order valence-corrected chi connectivity index (χ1v) is 9.69. The van der Waals surface area contributed by atoms with Crippen LogP contribution in [0.3, 0.4) is 0 Å². The smallest absolute Gasteiger partial charge is 0.255 e. The van der Waals surface area contributed by atoms with E-state index in [0.29, 0.717) is 29.7 Å². The zero-order valence-electron chi connectivity index (χ0n) is 16.8. The molecule has 0 aliphatic rings. The van der Waals surface area contributed by atoms with Gasteiger partial charge in [-0.1, -0.05) is 5.16 Å². The highest BCUT2D eigenvalue weighted by molar-refractivity contribution is 5.99. The Balaban J connectivity index is 1.42. The number of benzene rings is 1. The molecule has 4 rings (SSSR count). The number of nitrogens with one attached hydrogen (secondary N) is 2. The lowest BCUT2D eigenvalue weighted by Crippen LogP contribution is -2.24. The molecule has 0 saturated carbocycles. The van der Waals surface area contributed by atoms with Crippen molar-refractivity contribution in [3.05, 3.63) is 78.6 Å². The fraction of sp³-hybridized carbons (Fsp3) is 0.136. The normalized spacial score (nSPS) is 10.5. The van der Waals surface area contributed by atoms with Gasteiger partial charge in [0.25, 0.3) is 5.91 Å². The summed E-state index contributed by atoms with van der Waals surface area (Å²) in [4.78, 5) is 25.3. The summed E-state index contributed by atoms with van der Waals surface area (Å²) in [6.07, 6.45) is 4.91. The molecular weight excluding hydrogens is 396 g/mol. The minimum atomic E-state index is -0.315. The zero-order chi connectivity index (χ0) is 21.5. The molecule has 0 saturated heterocycles. The minimum Gasteiger partial charge on any atom is -0.494 e. The summed E-state index contributed by atoms with van der Waals surface area (Å²) < 4.78 is 10.7. The number of pyridine rings is 2. The Bertz CT molecular complexity index is 1150. The summed E-state index contributed by atoms with van der Waals surface area (Å²) in [5.41, 5.74) is 1.96. The van der Waals surface area contributed by atoms with Crippen LogP contribution in [0.2, 0.25) is 0 Å². The Hall–Kier alpha value is -4.27. The topological polar surface area (TPSA) is 115 Å². The first-order chi connectivity index (χ1) is 15.2. The summed E-state index contributed by atoms with van der Waals surface area (Å²) in [5.74, 6) is 1.63. The molecule has 0 bridgehead atoms. The minimum absolute atomic E-state index is 0.0916. The van der Waals surface area contributed by atoms with Crippen LogP contribution in [0.1, 0.15) is 23.2 Å². The molecule has 0 fully saturated rings. The Labute approximate surface area is 178 Å². The van der Waals surface area contributed by atoms with Crippen molar-refractivity contribution in [2.75, 3.05) is 11.9 Å². The van der Waals surface area contributed by atoms with E-state index in [2.05, 4.69) is 30.7 Å². The third-order valence-corrected chi connectivity index (χ3v) is 4.29. The molecule has 3 heterocycles. The van der Waals surface area contributed by atoms with E-state index in [1.165, 1.54) is 0 Å². The second kappa shape index (κ2) is 9.49. The maximum atomic E-state index is 12.7. The Morgan fingerprint density at radius 2 is 1.87 bits per heavy atom. The van der Waals surface area contributed by atoms with Gasteiger partial charge >= 0.3 is 0 Å². The molecule has 0 spiro atoms. The van der Waals surface area contributed by atoms with Gasteiger partial charge < -0.3 is 19.9 Å². The largest absolute Gasteiger partial charge is 0.494 e. The molecule has 0 radical (unpaired) electrons. The highest BCUT2D eigenvalue weighted by Crippen LogP contribution is 2.21. The molecule has 0 aliphatic carbocycles. The lowest BCUT2D eigenvalue weighted by Gasteiger charge is -2.11. The molecule has 9 heteroatoms. The predicted octanol–water partition coefficient (Wildman–Crippen LogP) is 3.60. The van der Waals surface area contributed by atoms with Crippen molar-refractivity contribution in [1.29, 1.82) is 0 Å². The quantitative estimate of drug-likeness (QED) is 0.448. The van der Waals surface area contributed by atoms with Crippen molar-refractivity contribution < 1.29 is 14.1 Å². The van der Waals surface area contributed by atoms with Gasteiger partial charge in [-0.05, 0) is 55.5 Å². The number of nitrogens with zero attached hydrogens (tertiary/aromatic N) is 4. The molecule has 1 aromatic carbocycles. The van der Waals surface area contributed by atoms with Crippen LogP contribution in [0.25, 0.3) is 11.4 Å². The second-order valence-corrected chi connectivity index (χ2v) is 6.41. The zero-order valence-corrected chi connectivity index (χ0v) is 16.8. The van der Waals surface area contributed by atoms with Crippen molar-refractivity contribution >= 4 is 17.4 Å². The van der Waals surface area contributed by atoms with E-state index in [-0.39, 0.29) is 12.5 Å². The van der Waals surface area contributed by atoms with E-state index in [1.54, 1.807) is 42.9 Å². The highest BCUT2D eigenvalue weighted by Gasteiger charge is 2.15. The average molecular weight is 416 g/mol. The molecule has 2 N–H and O–H groups in total. The summed E-state index contributed by atoms with van der Waals surface area (Å²) in [5, 5.41) is 9.88. The van der Waals surface area contributed by atoms with Gasteiger partial charge in [-0.2, -0.15) is 4.98 Å². The van der Waals surface area contributed by atoms with Crippen molar-refractivity contribution in [3.63, 3.8) is 0 Å². The number of carbonyl (C=O) groups excluding carboxylic acids is 1. The summed E-state index contributed by atoms with van der Waals surface area (Å²) in [7, 11) is 0.